The van der Waals surface area contributed by atoms with Gasteiger partial charge in [-0.2, -0.15) is 5.26 Å². The van der Waals surface area contributed by atoms with Gasteiger partial charge in [0.2, 0.25) is 11.8 Å². The molecule has 168 valence electrons. The van der Waals surface area contributed by atoms with E-state index in [4.69, 9.17) is 4.74 Å². The van der Waals surface area contributed by atoms with E-state index in [1.807, 2.05) is 42.5 Å². The van der Waals surface area contributed by atoms with E-state index in [0.717, 1.165) is 27.4 Å². The number of rotatable bonds is 7. The average Bonchev–Trinajstić information content (AvgIpc) is 3.19. The number of nitrogens with zero attached hydrogens (tertiary/aromatic N) is 3. The molecule has 2 amide bonds. The van der Waals surface area contributed by atoms with Crippen LogP contribution in [-0.2, 0) is 35.4 Å². The van der Waals surface area contributed by atoms with Gasteiger partial charge in [-0.25, -0.2) is 0 Å². The van der Waals surface area contributed by atoms with Crippen molar-refractivity contribution >= 4 is 28.2 Å². The van der Waals surface area contributed by atoms with Crippen LogP contribution in [0.15, 0.2) is 48.7 Å². The Kier molecular flexibility index (Phi) is 7.01. The van der Waals surface area contributed by atoms with Gasteiger partial charge in [-0.15, -0.1) is 11.3 Å². The van der Waals surface area contributed by atoms with E-state index in [-0.39, 0.29) is 24.7 Å². The maximum atomic E-state index is 12.7. The van der Waals surface area contributed by atoms with Gasteiger partial charge in [0.05, 0.1) is 25.6 Å². The van der Waals surface area contributed by atoms with Crippen LogP contribution in [0.5, 0.6) is 5.75 Å². The zero-order chi connectivity index (χ0) is 23.2. The fourth-order valence-electron chi connectivity index (χ4n) is 3.94. The molecule has 33 heavy (non-hydrogen) atoms. The lowest BCUT2D eigenvalue weighted by atomic mass is 10.0. The summed E-state index contributed by atoms with van der Waals surface area (Å²) in [6, 6.07) is 15.4. The van der Waals surface area contributed by atoms with E-state index in [1.165, 1.54) is 11.3 Å². The first-order chi connectivity index (χ1) is 16.1. The molecule has 0 spiro atoms. The summed E-state index contributed by atoms with van der Waals surface area (Å²) in [4.78, 5) is 32.3. The van der Waals surface area contributed by atoms with Crippen molar-refractivity contribution < 1.29 is 14.3 Å². The molecule has 0 unspecified atom stereocenters. The fraction of sp³-hybridized carbons (Fsp3) is 0.280. The first kappa shape index (κ1) is 22.5. The van der Waals surface area contributed by atoms with Crippen LogP contribution in [0.2, 0.25) is 0 Å². The summed E-state index contributed by atoms with van der Waals surface area (Å²) in [6.45, 7) is 0.989. The number of thiophene rings is 1. The molecule has 4 rings (SSSR count). The van der Waals surface area contributed by atoms with Crippen LogP contribution in [0.1, 0.15) is 33.7 Å². The molecule has 0 bridgehead atoms. The number of anilines is 1. The number of carbonyl (C=O) groups excluding carboxylic acids is 2. The lowest BCUT2D eigenvalue weighted by Crippen LogP contribution is -2.36. The first-order valence-electron chi connectivity index (χ1n) is 10.7. The van der Waals surface area contributed by atoms with Gasteiger partial charge < -0.3 is 15.0 Å². The highest BCUT2D eigenvalue weighted by molar-refractivity contribution is 7.16. The van der Waals surface area contributed by atoms with Gasteiger partial charge in [0.25, 0.3) is 0 Å². The molecule has 1 aliphatic heterocycles. The average molecular weight is 461 g/mol. The Morgan fingerprint density at radius 3 is 2.82 bits per heavy atom. The van der Waals surface area contributed by atoms with Crippen LogP contribution in [0.4, 0.5) is 5.00 Å². The van der Waals surface area contributed by atoms with E-state index in [1.54, 1.807) is 18.2 Å². The molecule has 1 N–H and O–H groups in total. The van der Waals surface area contributed by atoms with Gasteiger partial charge in [-0.05, 0) is 42.2 Å². The molecule has 3 aromatic rings. The Bertz CT molecular complexity index is 1200. The monoisotopic (exact) mass is 460 g/mol. The number of hydrogen-bond donors (Lipinski definition) is 1. The summed E-state index contributed by atoms with van der Waals surface area (Å²) < 4.78 is 5.35. The summed E-state index contributed by atoms with van der Waals surface area (Å²) in [5.74, 6) is 0.609. The van der Waals surface area contributed by atoms with E-state index < -0.39 is 0 Å². The largest absolute Gasteiger partial charge is 0.496 e. The number of methoxy groups -OCH3 is 1. The highest BCUT2D eigenvalue weighted by Crippen LogP contribution is 2.37. The Labute approximate surface area is 196 Å². The van der Waals surface area contributed by atoms with Crippen LogP contribution < -0.4 is 10.1 Å². The lowest BCUT2D eigenvalue weighted by molar-refractivity contribution is -0.131. The predicted octanol–water partition coefficient (Wildman–Crippen LogP) is 3.72. The van der Waals surface area contributed by atoms with E-state index in [2.05, 4.69) is 16.4 Å². The molecule has 3 heterocycles. The molecule has 8 heteroatoms. The Morgan fingerprint density at radius 2 is 2.06 bits per heavy atom. The third kappa shape index (κ3) is 5.21. The molecule has 1 aromatic carbocycles. The van der Waals surface area contributed by atoms with E-state index >= 15 is 0 Å². The number of hydrogen-bond acceptors (Lipinski definition) is 6. The third-order valence-electron chi connectivity index (χ3n) is 5.65. The van der Waals surface area contributed by atoms with Crippen LogP contribution in [0, 0.1) is 11.3 Å². The van der Waals surface area contributed by atoms with Gasteiger partial charge in [0.15, 0.2) is 0 Å². The first-order valence-corrected chi connectivity index (χ1v) is 11.5. The molecule has 2 aromatic heterocycles. The number of carbonyl (C=O) groups is 2. The summed E-state index contributed by atoms with van der Waals surface area (Å²) >= 11 is 1.38. The molecule has 0 aliphatic carbocycles. The SMILES string of the molecule is COc1ccccc1CCC(=O)Nc1sc2c(c1C#N)CCN(C(=O)Cc1ccccn1)C2. The van der Waals surface area contributed by atoms with Crippen molar-refractivity contribution in [2.24, 2.45) is 0 Å². The third-order valence-corrected chi connectivity index (χ3v) is 6.78. The number of fused-ring (bicyclic) bond motifs is 1. The molecule has 1 aliphatic rings. The smallest absolute Gasteiger partial charge is 0.228 e. The zero-order valence-electron chi connectivity index (χ0n) is 18.3. The quantitative estimate of drug-likeness (QED) is 0.580. The minimum absolute atomic E-state index is 0.00801. The van der Waals surface area contributed by atoms with Crippen molar-refractivity contribution in [2.75, 3.05) is 19.0 Å². The van der Waals surface area contributed by atoms with Crippen molar-refractivity contribution in [1.82, 2.24) is 9.88 Å². The standard InChI is InChI=1S/C25H24N4O3S/c1-32-21-8-3-2-6-17(21)9-10-23(30)28-25-20(15-26)19-11-13-29(16-22(19)33-25)24(31)14-18-7-4-5-12-27-18/h2-8,12H,9-11,13-14,16H2,1H3,(H,28,30). The van der Waals surface area contributed by atoms with E-state index in [9.17, 15) is 14.9 Å². The lowest BCUT2D eigenvalue weighted by Gasteiger charge is -2.27. The minimum Gasteiger partial charge on any atom is -0.496 e. The van der Waals surface area contributed by atoms with Gasteiger partial charge in [-0.3, -0.25) is 14.6 Å². The highest BCUT2D eigenvalue weighted by atomic mass is 32.1. The molecule has 0 atom stereocenters. The number of aryl methyl sites for hydroxylation is 1. The number of pyridine rings is 1. The van der Waals surface area contributed by atoms with Gasteiger partial charge in [-0.1, -0.05) is 24.3 Å². The highest BCUT2D eigenvalue weighted by Gasteiger charge is 2.27. The topological polar surface area (TPSA) is 95.3 Å². The van der Waals surface area contributed by atoms with Crippen molar-refractivity contribution in [3.8, 4) is 11.8 Å². The number of ether oxygens (including phenoxy) is 1. The predicted molar refractivity (Wildman–Crippen MR) is 126 cm³/mol. The minimum atomic E-state index is -0.154. The molecular weight excluding hydrogens is 436 g/mol. The van der Waals surface area contributed by atoms with Gasteiger partial charge in [0, 0.05) is 29.7 Å². The van der Waals surface area contributed by atoms with Gasteiger partial charge in [0.1, 0.15) is 16.8 Å². The summed E-state index contributed by atoms with van der Waals surface area (Å²) in [5.41, 5.74) is 3.14. The number of nitrogens with one attached hydrogen (secondary N) is 1. The Hall–Kier alpha value is -3.70. The molecule has 7 nitrogen and oxygen atoms in total. The van der Waals surface area contributed by atoms with E-state index in [0.29, 0.717) is 36.5 Å². The van der Waals surface area contributed by atoms with Gasteiger partial charge >= 0.3 is 0 Å². The molecule has 0 fully saturated rings. The number of benzene rings is 1. The maximum absolute atomic E-state index is 12.7. The second-order valence-electron chi connectivity index (χ2n) is 7.74. The van der Waals surface area contributed by atoms with Crippen LogP contribution in [0.3, 0.4) is 0 Å². The number of nitriles is 1. The van der Waals surface area contributed by atoms with Crippen LogP contribution in [0.25, 0.3) is 0 Å². The second-order valence-corrected chi connectivity index (χ2v) is 8.85. The normalized spacial score (nSPS) is 12.5. The molecule has 0 saturated heterocycles. The van der Waals surface area contributed by atoms with Crippen molar-refractivity contribution in [1.29, 1.82) is 5.26 Å². The summed E-state index contributed by atoms with van der Waals surface area (Å²) in [7, 11) is 1.61. The Balaban J connectivity index is 1.41. The Morgan fingerprint density at radius 1 is 1.24 bits per heavy atom. The molecule has 0 saturated carbocycles. The number of amides is 2. The van der Waals surface area contributed by atoms with Crippen molar-refractivity contribution in [2.45, 2.75) is 32.2 Å². The molecular formula is C25H24N4O3S. The summed E-state index contributed by atoms with van der Waals surface area (Å²) in [6.07, 6.45) is 3.35. The number of para-hydroxylation sites is 1. The van der Waals surface area contributed by atoms with Crippen molar-refractivity contribution in [3.63, 3.8) is 0 Å². The maximum Gasteiger partial charge on any atom is 0.228 e. The van der Waals surface area contributed by atoms with Crippen LogP contribution >= 0.6 is 11.3 Å². The number of aromatic nitrogens is 1. The molecule has 0 radical (unpaired) electrons. The summed E-state index contributed by atoms with van der Waals surface area (Å²) in [5, 5.41) is 13.2. The van der Waals surface area contributed by atoms with Crippen molar-refractivity contribution in [3.05, 3.63) is 75.9 Å². The second kappa shape index (κ2) is 10.3. The zero-order valence-corrected chi connectivity index (χ0v) is 19.2. The fourth-order valence-corrected chi connectivity index (χ4v) is 5.17. The van der Waals surface area contributed by atoms with Crippen LogP contribution in [-0.4, -0.2) is 35.4 Å².